The van der Waals surface area contributed by atoms with Crippen LogP contribution in [0, 0.1) is 0 Å². The lowest BCUT2D eigenvalue weighted by atomic mass is 10.1. The number of fused-ring (bicyclic) bond motifs is 1. The molecule has 2 aromatic rings. The third kappa shape index (κ3) is 1.95. The molecule has 2 N–H and O–H groups in total. The van der Waals surface area contributed by atoms with Crippen molar-refractivity contribution in [2.45, 2.75) is 13.3 Å². The maximum atomic E-state index is 11.0. The van der Waals surface area contributed by atoms with E-state index in [4.69, 9.17) is 0 Å². The zero-order valence-electron chi connectivity index (χ0n) is 8.91. The van der Waals surface area contributed by atoms with Gasteiger partial charge in [-0.25, -0.2) is 0 Å². The van der Waals surface area contributed by atoms with Crippen LogP contribution in [0.5, 0.6) is 0 Å². The summed E-state index contributed by atoms with van der Waals surface area (Å²) >= 11 is 0. The lowest BCUT2D eigenvalue weighted by Crippen LogP contribution is -2.06. The summed E-state index contributed by atoms with van der Waals surface area (Å²) in [5, 5.41) is 3.73. The zero-order chi connectivity index (χ0) is 11.5. The van der Waals surface area contributed by atoms with Gasteiger partial charge in [-0.15, -0.1) is 0 Å². The van der Waals surface area contributed by atoms with Gasteiger partial charge in [-0.1, -0.05) is 0 Å². The normalized spacial score (nSPS) is 10.3. The van der Waals surface area contributed by atoms with Crippen LogP contribution in [0.1, 0.15) is 12.5 Å². The maximum Gasteiger partial charge on any atom is 0.221 e. The van der Waals surface area contributed by atoms with Crippen LogP contribution >= 0.6 is 0 Å². The van der Waals surface area contributed by atoms with Gasteiger partial charge in [0.25, 0.3) is 0 Å². The molecule has 0 aliphatic carbocycles. The first-order valence-corrected chi connectivity index (χ1v) is 5.02. The number of amides is 1. The topological polar surface area (TPSA) is 62.0 Å². The summed E-state index contributed by atoms with van der Waals surface area (Å²) in [4.78, 5) is 24.6. The molecular formula is C12H12N2O2. The van der Waals surface area contributed by atoms with E-state index in [1.807, 2.05) is 24.4 Å². The highest BCUT2D eigenvalue weighted by Crippen LogP contribution is 2.23. The fourth-order valence-corrected chi connectivity index (χ4v) is 1.78. The van der Waals surface area contributed by atoms with Crippen molar-refractivity contribution in [2.24, 2.45) is 0 Å². The van der Waals surface area contributed by atoms with Gasteiger partial charge in [0.05, 0.1) is 0 Å². The summed E-state index contributed by atoms with van der Waals surface area (Å²) in [6.45, 7) is 1.46. The van der Waals surface area contributed by atoms with Gasteiger partial charge in [0.1, 0.15) is 6.29 Å². The number of carbonyl (C=O) groups is 2. The van der Waals surface area contributed by atoms with Gasteiger partial charge in [-0.2, -0.15) is 0 Å². The number of anilines is 1. The summed E-state index contributed by atoms with van der Waals surface area (Å²) in [5.41, 5.74) is 2.54. The van der Waals surface area contributed by atoms with Crippen molar-refractivity contribution >= 4 is 28.8 Å². The molecule has 0 saturated carbocycles. The molecule has 0 spiro atoms. The Balaban J connectivity index is 2.52. The molecule has 1 aromatic heterocycles. The number of rotatable bonds is 3. The summed E-state index contributed by atoms with van der Waals surface area (Å²) in [6.07, 6.45) is 3.03. The monoisotopic (exact) mass is 216 g/mol. The van der Waals surface area contributed by atoms with Gasteiger partial charge >= 0.3 is 0 Å². The zero-order valence-corrected chi connectivity index (χ0v) is 8.91. The highest BCUT2D eigenvalue weighted by atomic mass is 16.1. The second-order valence-electron chi connectivity index (χ2n) is 3.63. The van der Waals surface area contributed by atoms with Gasteiger partial charge in [0.15, 0.2) is 0 Å². The van der Waals surface area contributed by atoms with E-state index in [0.717, 1.165) is 22.8 Å². The van der Waals surface area contributed by atoms with E-state index in [9.17, 15) is 9.59 Å². The Labute approximate surface area is 92.7 Å². The van der Waals surface area contributed by atoms with Crippen LogP contribution in [-0.2, 0) is 16.0 Å². The molecule has 0 atom stereocenters. The quantitative estimate of drug-likeness (QED) is 0.769. The number of nitrogens with one attached hydrogen (secondary N) is 2. The number of carbonyl (C=O) groups excluding carboxylic acids is 2. The average Bonchev–Trinajstić information content (AvgIpc) is 2.65. The third-order valence-corrected chi connectivity index (χ3v) is 2.38. The number of benzene rings is 1. The van der Waals surface area contributed by atoms with E-state index in [2.05, 4.69) is 10.3 Å². The van der Waals surface area contributed by atoms with E-state index >= 15 is 0 Å². The molecule has 1 aromatic carbocycles. The van der Waals surface area contributed by atoms with Crippen molar-refractivity contribution in [1.29, 1.82) is 0 Å². The lowest BCUT2D eigenvalue weighted by molar-refractivity contribution is -0.114. The lowest BCUT2D eigenvalue weighted by Gasteiger charge is -2.05. The molecule has 0 unspecified atom stereocenters. The van der Waals surface area contributed by atoms with Crippen LogP contribution in [0.2, 0.25) is 0 Å². The molecule has 82 valence electrons. The first-order valence-electron chi connectivity index (χ1n) is 5.02. The highest BCUT2D eigenvalue weighted by molar-refractivity contribution is 5.94. The SMILES string of the molecule is CC(=O)Nc1cc(CC=O)c2cc[nH]c2c1. The largest absolute Gasteiger partial charge is 0.361 e. The fraction of sp³-hybridized carbons (Fsp3) is 0.167. The average molecular weight is 216 g/mol. The van der Waals surface area contributed by atoms with Gasteiger partial charge in [-0.3, -0.25) is 4.79 Å². The van der Waals surface area contributed by atoms with E-state index < -0.39 is 0 Å². The predicted molar refractivity (Wildman–Crippen MR) is 62.4 cm³/mol. The molecule has 0 bridgehead atoms. The summed E-state index contributed by atoms with van der Waals surface area (Å²) in [7, 11) is 0. The minimum atomic E-state index is -0.122. The molecule has 4 heteroatoms. The van der Waals surface area contributed by atoms with E-state index in [0.29, 0.717) is 12.1 Å². The van der Waals surface area contributed by atoms with Crippen molar-refractivity contribution in [3.63, 3.8) is 0 Å². The minimum Gasteiger partial charge on any atom is -0.361 e. The molecular weight excluding hydrogens is 204 g/mol. The van der Waals surface area contributed by atoms with Crippen molar-refractivity contribution < 1.29 is 9.59 Å². The molecule has 16 heavy (non-hydrogen) atoms. The van der Waals surface area contributed by atoms with E-state index in [1.165, 1.54) is 6.92 Å². The molecule has 0 radical (unpaired) electrons. The molecule has 0 aliphatic rings. The molecule has 1 heterocycles. The Hall–Kier alpha value is -2.10. The molecule has 0 aliphatic heterocycles. The van der Waals surface area contributed by atoms with Crippen LogP contribution in [-0.4, -0.2) is 17.2 Å². The second-order valence-corrected chi connectivity index (χ2v) is 3.63. The summed E-state index contributed by atoms with van der Waals surface area (Å²) in [5.74, 6) is -0.122. The van der Waals surface area contributed by atoms with E-state index in [1.54, 1.807) is 0 Å². The molecule has 4 nitrogen and oxygen atoms in total. The highest BCUT2D eigenvalue weighted by Gasteiger charge is 2.05. The van der Waals surface area contributed by atoms with E-state index in [-0.39, 0.29) is 5.91 Å². The molecule has 2 rings (SSSR count). The Bertz CT molecular complexity index is 543. The van der Waals surface area contributed by atoms with Crippen LogP contribution in [0.4, 0.5) is 5.69 Å². The van der Waals surface area contributed by atoms with Crippen molar-refractivity contribution in [3.05, 3.63) is 30.0 Å². The Morgan fingerprint density at radius 1 is 1.50 bits per heavy atom. The summed E-state index contributed by atoms with van der Waals surface area (Å²) in [6, 6.07) is 5.60. The number of aldehydes is 1. The number of hydrogen-bond acceptors (Lipinski definition) is 2. The standard InChI is InChI=1S/C12H12N2O2/c1-8(16)14-10-6-9(3-5-15)11-2-4-13-12(11)7-10/h2,4-7,13H,3H2,1H3,(H,14,16). The van der Waals surface area contributed by atoms with Gasteiger partial charge < -0.3 is 15.1 Å². The fourth-order valence-electron chi connectivity index (χ4n) is 1.78. The number of hydrogen-bond donors (Lipinski definition) is 2. The van der Waals surface area contributed by atoms with Crippen molar-refractivity contribution in [1.82, 2.24) is 4.98 Å². The Morgan fingerprint density at radius 3 is 3.00 bits per heavy atom. The number of aromatic amines is 1. The maximum absolute atomic E-state index is 11.0. The van der Waals surface area contributed by atoms with Crippen molar-refractivity contribution in [3.8, 4) is 0 Å². The van der Waals surface area contributed by atoms with Gasteiger partial charge in [0, 0.05) is 36.1 Å². The first-order chi connectivity index (χ1) is 7.70. The predicted octanol–water partition coefficient (Wildman–Crippen LogP) is 1.87. The van der Waals surface area contributed by atoms with Crippen molar-refractivity contribution in [2.75, 3.05) is 5.32 Å². The van der Waals surface area contributed by atoms with Crippen LogP contribution in [0.3, 0.4) is 0 Å². The smallest absolute Gasteiger partial charge is 0.221 e. The third-order valence-electron chi connectivity index (χ3n) is 2.38. The number of H-pyrrole nitrogens is 1. The number of aromatic nitrogens is 1. The molecule has 0 fully saturated rings. The minimum absolute atomic E-state index is 0.122. The second kappa shape index (κ2) is 4.18. The van der Waals surface area contributed by atoms with Gasteiger partial charge in [-0.05, 0) is 23.8 Å². The first kappa shape index (κ1) is 10.4. The van der Waals surface area contributed by atoms with Crippen LogP contribution in [0.15, 0.2) is 24.4 Å². The summed E-state index contributed by atoms with van der Waals surface area (Å²) < 4.78 is 0. The Kier molecular flexibility index (Phi) is 2.72. The molecule has 0 saturated heterocycles. The van der Waals surface area contributed by atoms with Gasteiger partial charge in [0.2, 0.25) is 5.91 Å². The van der Waals surface area contributed by atoms with Crippen LogP contribution < -0.4 is 5.32 Å². The van der Waals surface area contributed by atoms with Crippen LogP contribution in [0.25, 0.3) is 10.9 Å². The molecule has 1 amide bonds. The Morgan fingerprint density at radius 2 is 2.31 bits per heavy atom.